The topological polar surface area (TPSA) is 109 Å². The van der Waals surface area contributed by atoms with Crippen molar-refractivity contribution in [1.82, 2.24) is 5.32 Å². The molecule has 1 aliphatic heterocycles. The summed E-state index contributed by atoms with van der Waals surface area (Å²) < 4.78 is 0. The summed E-state index contributed by atoms with van der Waals surface area (Å²) in [4.78, 5) is 32.3. The molecule has 1 unspecified atom stereocenters. The van der Waals surface area contributed by atoms with Gasteiger partial charge in [0.05, 0.1) is 11.9 Å². The van der Waals surface area contributed by atoms with Gasteiger partial charge in [-0.05, 0) is 18.8 Å². The summed E-state index contributed by atoms with van der Waals surface area (Å²) in [6.07, 6.45) is 0.825. The van der Waals surface area contributed by atoms with E-state index < -0.39 is 23.8 Å². The average Bonchev–Trinajstić information content (AvgIpc) is 2.28. The van der Waals surface area contributed by atoms with Crippen LogP contribution in [0.4, 0.5) is 0 Å². The molecule has 1 heterocycles. The molecule has 1 N–H and O–H groups in total. The van der Waals surface area contributed by atoms with Crippen LogP contribution in [0.25, 0.3) is 0 Å². The number of aliphatic carboxylic acids is 2. The number of carboxylic acids is 2. The minimum atomic E-state index is -1.70. The number of hydrogen-bond donors (Lipinski definition) is 1. The van der Waals surface area contributed by atoms with Gasteiger partial charge in [0.1, 0.15) is 0 Å². The maximum atomic E-state index is 11.1. The number of carbonyl (C=O) groups is 3. The maximum Gasteiger partial charge on any atom is 1.00 e. The average molecular weight is 291 g/mol. The summed E-state index contributed by atoms with van der Waals surface area (Å²) in [7, 11) is 0. The van der Waals surface area contributed by atoms with Crippen molar-refractivity contribution in [3.05, 3.63) is 0 Å². The Labute approximate surface area is 184 Å². The second-order valence-corrected chi connectivity index (χ2v) is 3.57. The molecule has 0 aromatic rings. The van der Waals surface area contributed by atoms with Gasteiger partial charge in [-0.2, -0.15) is 0 Å². The van der Waals surface area contributed by atoms with Crippen LogP contribution in [0.15, 0.2) is 0 Å². The van der Waals surface area contributed by atoms with Gasteiger partial charge in [-0.3, -0.25) is 4.79 Å². The largest absolute Gasteiger partial charge is 1.00 e. The number of carbonyl (C=O) groups excluding carboxylic acids is 3. The zero-order valence-electron chi connectivity index (χ0n) is 10.0. The van der Waals surface area contributed by atoms with E-state index in [2.05, 4.69) is 5.32 Å². The predicted octanol–water partition coefficient (Wildman–Crippen LogP) is -8.97. The minimum absolute atomic E-state index is 0. The third kappa shape index (κ3) is 7.14. The van der Waals surface area contributed by atoms with Gasteiger partial charge >= 0.3 is 103 Å². The molecule has 1 fully saturated rings. The zero-order valence-corrected chi connectivity index (χ0v) is 16.3. The van der Waals surface area contributed by atoms with Crippen molar-refractivity contribution in [2.24, 2.45) is 11.8 Å². The second kappa shape index (κ2) is 10.5. The Morgan fingerprint density at radius 1 is 1.24 bits per heavy atom. The third-order valence-electron chi connectivity index (χ3n) is 2.50. The van der Waals surface area contributed by atoms with Crippen molar-refractivity contribution in [2.45, 2.75) is 19.3 Å². The molecule has 1 rings (SSSR count). The van der Waals surface area contributed by atoms with Crippen molar-refractivity contribution in [1.29, 1.82) is 0 Å². The van der Waals surface area contributed by atoms with E-state index in [0.717, 1.165) is 0 Å². The Morgan fingerprint density at radius 3 is 2.24 bits per heavy atom. The van der Waals surface area contributed by atoms with E-state index in [9.17, 15) is 24.6 Å². The number of hydrogen-bond acceptors (Lipinski definition) is 5. The van der Waals surface area contributed by atoms with E-state index >= 15 is 0 Å². The molecule has 0 radical (unpaired) electrons. The SMILES string of the molecule is O=C1CC(C(C(=O)[O-])C(=O)[O-])CCCN1.[K+].[K+]. The Bertz CT molecular complexity index is 283. The van der Waals surface area contributed by atoms with Crippen molar-refractivity contribution < 1.29 is 127 Å². The number of nitrogens with one attached hydrogen (secondary N) is 1. The van der Waals surface area contributed by atoms with Gasteiger partial charge in [0.25, 0.3) is 0 Å². The summed E-state index contributed by atoms with van der Waals surface area (Å²) >= 11 is 0. The predicted molar refractivity (Wildman–Crippen MR) is 43.9 cm³/mol. The molecule has 6 nitrogen and oxygen atoms in total. The quantitative estimate of drug-likeness (QED) is 0.410. The fraction of sp³-hybridized carbons (Fsp3) is 0.667. The van der Waals surface area contributed by atoms with E-state index in [1.54, 1.807) is 0 Å². The molecular formula is C9H11K2NO5. The standard InChI is InChI=1S/C9H13NO5.2K/c11-6-4-5(2-1-3-10-6)7(8(12)13)9(14)15;;/h5,7H,1-4H2,(H,10,11)(H,12,13)(H,14,15);;/q;2*+1/p-2. The van der Waals surface area contributed by atoms with Gasteiger partial charge in [0.2, 0.25) is 5.91 Å². The van der Waals surface area contributed by atoms with Crippen molar-refractivity contribution in [3.63, 3.8) is 0 Å². The van der Waals surface area contributed by atoms with Crippen molar-refractivity contribution in [3.8, 4) is 0 Å². The van der Waals surface area contributed by atoms with Crippen LogP contribution in [0.2, 0.25) is 0 Å². The van der Waals surface area contributed by atoms with Gasteiger partial charge in [-0.25, -0.2) is 0 Å². The number of amides is 1. The summed E-state index contributed by atoms with van der Waals surface area (Å²) in [6, 6.07) is 0. The van der Waals surface area contributed by atoms with Gasteiger partial charge in [0, 0.05) is 18.9 Å². The molecule has 0 aromatic heterocycles. The van der Waals surface area contributed by atoms with E-state index in [1.165, 1.54) is 0 Å². The van der Waals surface area contributed by atoms with Crippen molar-refractivity contribution >= 4 is 17.8 Å². The van der Waals surface area contributed by atoms with Crippen LogP contribution < -0.4 is 118 Å². The van der Waals surface area contributed by atoms with Gasteiger partial charge in [-0.15, -0.1) is 0 Å². The third-order valence-corrected chi connectivity index (χ3v) is 2.50. The molecule has 0 spiro atoms. The van der Waals surface area contributed by atoms with Gasteiger partial charge in [-0.1, -0.05) is 0 Å². The first-order valence-corrected chi connectivity index (χ1v) is 4.70. The second-order valence-electron chi connectivity index (χ2n) is 3.57. The van der Waals surface area contributed by atoms with Crippen LogP contribution in [0.1, 0.15) is 19.3 Å². The summed E-state index contributed by atoms with van der Waals surface area (Å²) in [6.45, 7) is 0.447. The summed E-state index contributed by atoms with van der Waals surface area (Å²) in [5.74, 6) is -6.13. The van der Waals surface area contributed by atoms with Crippen LogP contribution in [-0.2, 0) is 14.4 Å². The number of carboxylic acid groups (broad SMARTS) is 2. The first kappa shape index (κ1) is 21.0. The van der Waals surface area contributed by atoms with Crippen LogP contribution in [0, 0.1) is 11.8 Å². The maximum absolute atomic E-state index is 11.1. The molecule has 1 saturated heterocycles. The molecule has 0 saturated carbocycles. The normalized spacial score (nSPS) is 19.4. The van der Waals surface area contributed by atoms with Crippen LogP contribution >= 0.6 is 0 Å². The zero-order chi connectivity index (χ0) is 11.4. The fourth-order valence-electron chi connectivity index (χ4n) is 1.77. The molecule has 17 heavy (non-hydrogen) atoms. The molecule has 1 amide bonds. The molecule has 0 aliphatic carbocycles. The minimum Gasteiger partial charge on any atom is -0.549 e. The Hall–Kier alpha value is 1.68. The summed E-state index contributed by atoms with van der Waals surface area (Å²) in [5, 5.41) is 23.7. The Morgan fingerprint density at radius 2 is 1.76 bits per heavy atom. The fourth-order valence-corrected chi connectivity index (χ4v) is 1.77. The summed E-state index contributed by atoms with van der Waals surface area (Å²) in [5.41, 5.74) is 0. The van der Waals surface area contributed by atoms with Gasteiger partial charge < -0.3 is 25.1 Å². The Balaban J connectivity index is 0. The van der Waals surface area contributed by atoms with Crippen LogP contribution in [-0.4, -0.2) is 24.4 Å². The smallest absolute Gasteiger partial charge is 0.549 e. The van der Waals surface area contributed by atoms with Crippen molar-refractivity contribution in [2.75, 3.05) is 6.54 Å². The molecular weight excluding hydrogens is 280 g/mol. The monoisotopic (exact) mass is 291 g/mol. The molecule has 0 aromatic carbocycles. The van der Waals surface area contributed by atoms with Crippen LogP contribution in [0.3, 0.4) is 0 Å². The van der Waals surface area contributed by atoms with Crippen LogP contribution in [0.5, 0.6) is 0 Å². The first-order chi connectivity index (χ1) is 7.02. The first-order valence-electron chi connectivity index (χ1n) is 4.70. The van der Waals surface area contributed by atoms with E-state index in [4.69, 9.17) is 0 Å². The molecule has 1 aliphatic rings. The molecule has 84 valence electrons. The molecule has 8 heteroatoms. The van der Waals surface area contributed by atoms with E-state index in [0.29, 0.717) is 19.4 Å². The number of rotatable bonds is 3. The van der Waals surface area contributed by atoms with E-state index in [1.807, 2.05) is 0 Å². The Kier molecular flexibility index (Phi) is 12.9. The van der Waals surface area contributed by atoms with E-state index in [-0.39, 0.29) is 115 Å². The van der Waals surface area contributed by atoms with Gasteiger partial charge in [0.15, 0.2) is 0 Å². The molecule has 1 atom stereocenters. The molecule has 0 bridgehead atoms.